The molecule has 0 fully saturated rings. The van der Waals surface area contributed by atoms with Gasteiger partial charge in [0.2, 0.25) is 0 Å². The van der Waals surface area contributed by atoms with Gasteiger partial charge in [0, 0.05) is 36.1 Å². The highest BCUT2D eigenvalue weighted by atomic mass is 35.5. The molecule has 0 aliphatic carbocycles. The van der Waals surface area contributed by atoms with E-state index in [0.717, 1.165) is 15.3 Å². The molecule has 1 aromatic heterocycles. The first-order valence-electron chi connectivity index (χ1n) is 4.19. The van der Waals surface area contributed by atoms with E-state index in [-0.39, 0.29) is 5.91 Å². The van der Waals surface area contributed by atoms with Crippen molar-refractivity contribution in [3.63, 3.8) is 0 Å². The smallest absolute Gasteiger partial charge is 0.268 e. The van der Waals surface area contributed by atoms with E-state index in [1.807, 2.05) is 18.3 Å². The Morgan fingerprint density at radius 2 is 2.21 bits per heavy atom. The summed E-state index contributed by atoms with van der Waals surface area (Å²) in [5.74, 6) is -0.205. The van der Waals surface area contributed by atoms with E-state index in [9.17, 15) is 4.79 Å². The van der Waals surface area contributed by atoms with Crippen LogP contribution in [0.25, 0.3) is 10.9 Å². The number of amides is 1. The molecule has 1 N–H and O–H groups in total. The molecule has 0 bridgehead atoms. The lowest BCUT2D eigenvalue weighted by Gasteiger charge is -2.06. The molecule has 2 aromatic rings. The molecule has 1 heterocycles. The average molecular weight is 209 g/mol. The van der Waals surface area contributed by atoms with Crippen LogP contribution in [-0.4, -0.2) is 22.4 Å². The third kappa shape index (κ3) is 1.46. The largest absolute Gasteiger partial charge is 0.361 e. The Hall–Kier alpha value is -1.48. The Bertz CT molecular complexity index is 476. The molecule has 0 spiro atoms. The Morgan fingerprint density at radius 3 is 2.93 bits per heavy atom. The van der Waals surface area contributed by atoms with Gasteiger partial charge in [0.05, 0.1) is 0 Å². The number of hydrogen-bond acceptors (Lipinski definition) is 1. The van der Waals surface area contributed by atoms with Crippen LogP contribution >= 0.6 is 11.8 Å². The fourth-order valence-electron chi connectivity index (χ4n) is 1.36. The van der Waals surface area contributed by atoms with Crippen LogP contribution in [0.1, 0.15) is 10.4 Å². The summed E-state index contributed by atoms with van der Waals surface area (Å²) in [5, 5.41) is 1.08. The number of carbonyl (C=O) groups is 1. The van der Waals surface area contributed by atoms with Crippen molar-refractivity contribution in [2.45, 2.75) is 0 Å². The highest BCUT2D eigenvalue weighted by molar-refractivity contribution is 6.24. The zero-order chi connectivity index (χ0) is 10.1. The van der Waals surface area contributed by atoms with Crippen LogP contribution in [0.2, 0.25) is 0 Å². The summed E-state index contributed by atoms with van der Waals surface area (Å²) in [6.07, 6.45) is 1.84. The van der Waals surface area contributed by atoms with E-state index in [1.54, 1.807) is 12.1 Å². The summed E-state index contributed by atoms with van der Waals surface area (Å²) in [6, 6.07) is 7.39. The van der Waals surface area contributed by atoms with E-state index in [1.165, 1.54) is 7.05 Å². The third-order valence-electron chi connectivity index (χ3n) is 2.08. The van der Waals surface area contributed by atoms with Gasteiger partial charge in [-0.3, -0.25) is 9.21 Å². The SMILES string of the molecule is CN(Cl)C(=O)c1ccc2cc[nH]c2c1. The van der Waals surface area contributed by atoms with Crippen LogP contribution in [0.3, 0.4) is 0 Å². The lowest BCUT2D eigenvalue weighted by molar-refractivity contribution is 0.0885. The van der Waals surface area contributed by atoms with Crippen molar-refractivity contribution in [2.24, 2.45) is 0 Å². The lowest BCUT2D eigenvalue weighted by Crippen LogP contribution is -2.15. The molecular weight excluding hydrogens is 200 g/mol. The highest BCUT2D eigenvalue weighted by Gasteiger charge is 2.09. The summed E-state index contributed by atoms with van der Waals surface area (Å²) in [5.41, 5.74) is 1.52. The second-order valence-electron chi connectivity index (χ2n) is 3.06. The van der Waals surface area contributed by atoms with Crippen molar-refractivity contribution in [2.75, 3.05) is 7.05 Å². The van der Waals surface area contributed by atoms with Crippen LogP contribution in [0, 0.1) is 0 Å². The molecule has 0 unspecified atom stereocenters. The first kappa shape index (κ1) is 9.09. The molecule has 3 nitrogen and oxygen atoms in total. The normalized spacial score (nSPS) is 10.4. The lowest BCUT2D eigenvalue weighted by atomic mass is 10.1. The number of nitrogens with zero attached hydrogens (tertiary/aromatic N) is 1. The van der Waals surface area contributed by atoms with Crippen molar-refractivity contribution in [3.05, 3.63) is 36.0 Å². The van der Waals surface area contributed by atoms with Crippen LogP contribution in [0.15, 0.2) is 30.5 Å². The third-order valence-corrected chi connectivity index (χ3v) is 2.24. The van der Waals surface area contributed by atoms with Gasteiger partial charge >= 0.3 is 0 Å². The van der Waals surface area contributed by atoms with Gasteiger partial charge in [-0.25, -0.2) is 0 Å². The molecular formula is C10H9ClN2O. The van der Waals surface area contributed by atoms with E-state index < -0.39 is 0 Å². The molecule has 0 saturated heterocycles. The second kappa shape index (κ2) is 3.35. The zero-order valence-corrected chi connectivity index (χ0v) is 8.38. The maximum absolute atomic E-state index is 11.5. The summed E-state index contributed by atoms with van der Waals surface area (Å²) >= 11 is 5.56. The van der Waals surface area contributed by atoms with Crippen molar-refractivity contribution in [1.29, 1.82) is 0 Å². The average Bonchev–Trinajstić information content (AvgIpc) is 2.62. The van der Waals surface area contributed by atoms with Gasteiger partial charge in [-0.1, -0.05) is 6.07 Å². The van der Waals surface area contributed by atoms with Gasteiger partial charge in [-0.05, 0) is 23.6 Å². The number of hydrogen-bond donors (Lipinski definition) is 1. The van der Waals surface area contributed by atoms with Crippen LogP contribution in [0.4, 0.5) is 0 Å². The van der Waals surface area contributed by atoms with Crippen LogP contribution < -0.4 is 0 Å². The van der Waals surface area contributed by atoms with Crippen molar-refractivity contribution >= 4 is 28.6 Å². The van der Waals surface area contributed by atoms with E-state index >= 15 is 0 Å². The van der Waals surface area contributed by atoms with Crippen LogP contribution in [0.5, 0.6) is 0 Å². The van der Waals surface area contributed by atoms with E-state index in [0.29, 0.717) is 5.56 Å². The predicted molar refractivity (Wildman–Crippen MR) is 56.2 cm³/mol. The zero-order valence-electron chi connectivity index (χ0n) is 7.62. The molecule has 14 heavy (non-hydrogen) atoms. The quantitative estimate of drug-likeness (QED) is 0.718. The van der Waals surface area contributed by atoms with Crippen molar-refractivity contribution in [1.82, 2.24) is 9.40 Å². The number of fused-ring (bicyclic) bond motifs is 1. The summed E-state index contributed by atoms with van der Waals surface area (Å²) in [7, 11) is 1.52. The Balaban J connectivity index is 2.48. The Kier molecular flexibility index (Phi) is 2.17. The molecule has 4 heteroatoms. The fourth-order valence-corrected chi connectivity index (χ4v) is 1.46. The molecule has 1 amide bonds. The summed E-state index contributed by atoms with van der Waals surface area (Å²) in [6.45, 7) is 0. The molecule has 72 valence electrons. The maximum Gasteiger partial charge on any atom is 0.268 e. The summed E-state index contributed by atoms with van der Waals surface area (Å²) < 4.78 is 1.05. The number of aromatic nitrogens is 1. The number of rotatable bonds is 1. The maximum atomic E-state index is 11.5. The molecule has 2 rings (SSSR count). The first-order chi connectivity index (χ1) is 6.68. The van der Waals surface area contributed by atoms with Gasteiger partial charge in [0.1, 0.15) is 0 Å². The van der Waals surface area contributed by atoms with Gasteiger partial charge in [0.15, 0.2) is 0 Å². The molecule has 0 saturated carbocycles. The van der Waals surface area contributed by atoms with Gasteiger partial charge < -0.3 is 4.98 Å². The molecule has 1 aromatic carbocycles. The van der Waals surface area contributed by atoms with Crippen LogP contribution in [-0.2, 0) is 0 Å². The second-order valence-corrected chi connectivity index (χ2v) is 3.57. The molecule has 0 atom stereocenters. The van der Waals surface area contributed by atoms with E-state index in [4.69, 9.17) is 11.8 Å². The summed E-state index contributed by atoms with van der Waals surface area (Å²) in [4.78, 5) is 14.5. The molecule has 0 radical (unpaired) electrons. The minimum atomic E-state index is -0.205. The molecule has 0 aliphatic rings. The Morgan fingerprint density at radius 1 is 1.43 bits per heavy atom. The number of aromatic amines is 1. The Labute approximate surface area is 86.4 Å². The predicted octanol–water partition coefficient (Wildman–Crippen LogP) is 2.39. The van der Waals surface area contributed by atoms with Crippen molar-refractivity contribution < 1.29 is 4.79 Å². The fraction of sp³-hybridized carbons (Fsp3) is 0.100. The monoisotopic (exact) mass is 208 g/mol. The first-order valence-corrected chi connectivity index (χ1v) is 4.53. The number of H-pyrrole nitrogens is 1. The minimum Gasteiger partial charge on any atom is -0.361 e. The van der Waals surface area contributed by atoms with Crippen molar-refractivity contribution in [3.8, 4) is 0 Å². The number of benzene rings is 1. The van der Waals surface area contributed by atoms with Gasteiger partial charge in [0.25, 0.3) is 5.91 Å². The van der Waals surface area contributed by atoms with Gasteiger partial charge in [-0.2, -0.15) is 0 Å². The number of carbonyl (C=O) groups excluding carboxylic acids is 1. The standard InChI is InChI=1S/C10H9ClN2O/c1-13(11)10(14)8-3-2-7-4-5-12-9(7)6-8/h2-6,12H,1H3. The van der Waals surface area contributed by atoms with Gasteiger partial charge in [-0.15, -0.1) is 0 Å². The highest BCUT2D eigenvalue weighted by Crippen LogP contribution is 2.15. The number of halogens is 1. The molecule has 0 aliphatic heterocycles. The topological polar surface area (TPSA) is 36.1 Å². The van der Waals surface area contributed by atoms with E-state index in [2.05, 4.69) is 4.98 Å². The minimum absolute atomic E-state index is 0.205. The number of nitrogens with one attached hydrogen (secondary N) is 1.